The summed E-state index contributed by atoms with van der Waals surface area (Å²) >= 11 is 0. The van der Waals surface area contributed by atoms with E-state index in [0.29, 0.717) is 43.6 Å². The highest BCUT2D eigenvalue weighted by atomic mass is 16.6. The van der Waals surface area contributed by atoms with Gasteiger partial charge in [0.15, 0.2) is 23.0 Å². The Morgan fingerprint density at radius 1 is 0.758 bits per heavy atom. The van der Waals surface area contributed by atoms with Crippen molar-refractivity contribution < 1.29 is 38.7 Å². The SMILES string of the molecule is COc1cc(CC[C@@H](C[C@H](CCc2ccc(O)c(OC)c2)OC(C)=O)OC(C)=O)ccc1O. The third-order valence-corrected chi connectivity index (χ3v) is 5.19. The van der Waals surface area contributed by atoms with Crippen molar-refractivity contribution in [1.82, 2.24) is 0 Å². The monoisotopic (exact) mass is 460 g/mol. The molecule has 0 bridgehead atoms. The largest absolute Gasteiger partial charge is 0.504 e. The van der Waals surface area contributed by atoms with Gasteiger partial charge in [-0.3, -0.25) is 9.59 Å². The number of carbonyl (C=O) groups is 2. The van der Waals surface area contributed by atoms with Gasteiger partial charge in [0.05, 0.1) is 14.2 Å². The van der Waals surface area contributed by atoms with Gasteiger partial charge in [-0.25, -0.2) is 0 Å². The molecule has 0 aliphatic rings. The van der Waals surface area contributed by atoms with E-state index in [4.69, 9.17) is 18.9 Å². The third kappa shape index (κ3) is 8.56. The molecule has 0 fully saturated rings. The number of aromatic hydroxyl groups is 2. The molecule has 180 valence electrons. The van der Waals surface area contributed by atoms with E-state index in [2.05, 4.69) is 0 Å². The van der Waals surface area contributed by atoms with Crippen molar-refractivity contribution in [3.8, 4) is 23.0 Å². The van der Waals surface area contributed by atoms with Crippen molar-refractivity contribution in [2.45, 2.75) is 58.2 Å². The first-order valence-electron chi connectivity index (χ1n) is 10.8. The van der Waals surface area contributed by atoms with Crippen LogP contribution in [0.5, 0.6) is 23.0 Å². The van der Waals surface area contributed by atoms with E-state index in [1.165, 1.54) is 28.1 Å². The highest BCUT2D eigenvalue weighted by Gasteiger charge is 2.22. The molecule has 0 heterocycles. The smallest absolute Gasteiger partial charge is 0.302 e. The highest BCUT2D eigenvalue weighted by molar-refractivity contribution is 5.66. The van der Waals surface area contributed by atoms with Crippen LogP contribution in [0.2, 0.25) is 0 Å². The van der Waals surface area contributed by atoms with Crippen molar-refractivity contribution in [2.75, 3.05) is 14.2 Å². The minimum absolute atomic E-state index is 0.0542. The normalized spacial score (nSPS) is 12.5. The van der Waals surface area contributed by atoms with Gasteiger partial charge in [-0.2, -0.15) is 0 Å². The van der Waals surface area contributed by atoms with Crippen molar-refractivity contribution >= 4 is 11.9 Å². The first kappa shape index (κ1) is 25.8. The Morgan fingerprint density at radius 2 is 1.15 bits per heavy atom. The maximum absolute atomic E-state index is 11.7. The molecule has 2 aromatic rings. The van der Waals surface area contributed by atoms with E-state index in [-0.39, 0.29) is 11.5 Å². The van der Waals surface area contributed by atoms with Crippen LogP contribution in [0.25, 0.3) is 0 Å². The standard InChI is InChI=1S/C25H32O8/c1-16(26)32-20(9-5-18-7-11-22(28)24(13-18)30-3)15-21(33-17(2)27)10-6-19-8-12-23(29)25(14-19)31-4/h7-8,11-14,20-21,28-29H,5-6,9-10,15H2,1-4H3/t20-,21-/m0/s1. The molecule has 2 aromatic carbocycles. The predicted octanol–water partition coefficient (Wildman–Crippen LogP) is 3.93. The number of aryl methyl sites for hydroxylation is 2. The van der Waals surface area contributed by atoms with Gasteiger partial charge in [0.1, 0.15) is 12.2 Å². The summed E-state index contributed by atoms with van der Waals surface area (Å²) in [6.07, 6.45) is 1.62. The molecule has 0 aliphatic heterocycles. The second kappa shape index (κ2) is 12.6. The molecule has 0 spiro atoms. The molecular formula is C25H32O8. The van der Waals surface area contributed by atoms with Gasteiger partial charge in [-0.1, -0.05) is 12.1 Å². The Bertz CT molecular complexity index is 864. The van der Waals surface area contributed by atoms with Crippen LogP contribution in [0.4, 0.5) is 0 Å². The lowest BCUT2D eigenvalue weighted by molar-refractivity contribution is -0.153. The second-order valence-electron chi connectivity index (χ2n) is 7.79. The zero-order valence-corrected chi connectivity index (χ0v) is 19.5. The van der Waals surface area contributed by atoms with E-state index in [1.54, 1.807) is 36.4 Å². The van der Waals surface area contributed by atoms with Crippen molar-refractivity contribution in [3.63, 3.8) is 0 Å². The van der Waals surface area contributed by atoms with E-state index in [1.807, 2.05) is 0 Å². The molecule has 2 atom stereocenters. The van der Waals surface area contributed by atoms with E-state index in [0.717, 1.165) is 11.1 Å². The lowest BCUT2D eigenvalue weighted by atomic mass is 9.98. The summed E-state index contributed by atoms with van der Waals surface area (Å²) < 4.78 is 21.3. The molecule has 2 N–H and O–H groups in total. The van der Waals surface area contributed by atoms with Gasteiger partial charge in [-0.15, -0.1) is 0 Å². The fourth-order valence-corrected chi connectivity index (χ4v) is 3.62. The number of ether oxygens (including phenoxy) is 4. The summed E-state index contributed by atoms with van der Waals surface area (Å²) in [6, 6.07) is 10.2. The lowest BCUT2D eigenvalue weighted by Gasteiger charge is -2.24. The number of rotatable bonds is 12. The van der Waals surface area contributed by atoms with Crippen molar-refractivity contribution in [2.24, 2.45) is 0 Å². The Labute approximate surface area is 194 Å². The molecule has 0 aliphatic carbocycles. The Balaban J connectivity index is 2.07. The van der Waals surface area contributed by atoms with Gasteiger partial charge in [-0.05, 0) is 61.1 Å². The van der Waals surface area contributed by atoms with Crippen LogP contribution in [0.3, 0.4) is 0 Å². The number of methoxy groups -OCH3 is 2. The van der Waals surface area contributed by atoms with E-state index in [9.17, 15) is 19.8 Å². The number of hydrogen-bond acceptors (Lipinski definition) is 8. The van der Waals surface area contributed by atoms with Gasteiger partial charge < -0.3 is 29.2 Å². The second-order valence-corrected chi connectivity index (χ2v) is 7.79. The van der Waals surface area contributed by atoms with Crippen LogP contribution in [-0.4, -0.2) is 48.6 Å². The van der Waals surface area contributed by atoms with Crippen LogP contribution in [0, 0.1) is 0 Å². The summed E-state index contributed by atoms with van der Waals surface area (Å²) in [5.41, 5.74) is 1.84. The Morgan fingerprint density at radius 3 is 1.48 bits per heavy atom. The molecule has 0 radical (unpaired) electrons. The summed E-state index contributed by atoms with van der Waals surface area (Å²) in [7, 11) is 2.96. The quantitative estimate of drug-likeness (QED) is 0.458. The maximum atomic E-state index is 11.7. The van der Waals surface area contributed by atoms with E-state index >= 15 is 0 Å². The average molecular weight is 461 g/mol. The fraction of sp³-hybridized carbons (Fsp3) is 0.440. The van der Waals surface area contributed by atoms with Gasteiger partial charge in [0.25, 0.3) is 0 Å². The zero-order chi connectivity index (χ0) is 24.4. The first-order valence-corrected chi connectivity index (χ1v) is 10.8. The maximum Gasteiger partial charge on any atom is 0.302 e. The molecule has 33 heavy (non-hydrogen) atoms. The minimum Gasteiger partial charge on any atom is -0.504 e. The molecule has 8 heteroatoms. The number of phenols is 2. The number of phenolic OH excluding ortho intramolecular Hbond substituents is 2. The Kier molecular flexibility index (Phi) is 9.84. The third-order valence-electron chi connectivity index (χ3n) is 5.19. The molecule has 0 saturated carbocycles. The first-order chi connectivity index (χ1) is 15.7. The van der Waals surface area contributed by atoms with Gasteiger partial charge >= 0.3 is 11.9 Å². The number of carbonyl (C=O) groups excluding carboxylic acids is 2. The number of benzene rings is 2. The van der Waals surface area contributed by atoms with Crippen molar-refractivity contribution in [1.29, 1.82) is 0 Å². The molecule has 8 nitrogen and oxygen atoms in total. The molecule has 0 amide bonds. The number of esters is 2. The van der Waals surface area contributed by atoms with Gasteiger partial charge in [0, 0.05) is 20.3 Å². The summed E-state index contributed by atoms with van der Waals surface area (Å²) in [6.45, 7) is 2.69. The zero-order valence-electron chi connectivity index (χ0n) is 19.5. The van der Waals surface area contributed by atoms with Gasteiger partial charge in [0.2, 0.25) is 0 Å². The van der Waals surface area contributed by atoms with Crippen LogP contribution in [0.15, 0.2) is 36.4 Å². The molecule has 0 aromatic heterocycles. The summed E-state index contributed by atoms with van der Waals surface area (Å²) in [5.74, 6) is 0.0377. The lowest BCUT2D eigenvalue weighted by Crippen LogP contribution is -2.27. The topological polar surface area (TPSA) is 112 Å². The molecule has 0 unspecified atom stereocenters. The molecule has 0 saturated heterocycles. The highest BCUT2D eigenvalue weighted by Crippen LogP contribution is 2.29. The summed E-state index contributed by atoms with van der Waals surface area (Å²) in [4.78, 5) is 23.4. The average Bonchev–Trinajstić information content (AvgIpc) is 2.76. The Hall–Kier alpha value is -3.42. The van der Waals surface area contributed by atoms with Crippen LogP contribution >= 0.6 is 0 Å². The van der Waals surface area contributed by atoms with Crippen molar-refractivity contribution in [3.05, 3.63) is 47.5 Å². The predicted molar refractivity (Wildman–Crippen MR) is 122 cm³/mol. The fourth-order valence-electron chi connectivity index (χ4n) is 3.62. The summed E-state index contributed by atoms with van der Waals surface area (Å²) in [5, 5.41) is 19.5. The minimum atomic E-state index is -0.457. The van der Waals surface area contributed by atoms with E-state index < -0.39 is 24.1 Å². The number of hydrogen-bond donors (Lipinski definition) is 2. The van der Waals surface area contributed by atoms with Crippen LogP contribution in [-0.2, 0) is 31.9 Å². The van der Waals surface area contributed by atoms with Crippen LogP contribution in [0.1, 0.15) is 44.2 Å². The molecule has 2 rings (SSSR count). The molecular weight excluding hydrogens is 428 g/mol. The van der Waals surface area contributed by atoms with Crippen LogP contribution < -0.4 is 9.47 Å².